The van der Waals surface area contributed by atoms with E-state index in [2.05, 4.69) is 0 Å². The number of amides is 1. The van der Waals surface area contributed by atoms with E-state index in [-0.39, 0.29) is 11.9 Å². The maximum absolute atomic E-state index is 12.8. The zero-order chi connectivity index (χ0) is 17.5. The van der Waals surface area contributed by atoms with Gasteiger partial charge in [-0.3, -0.25) is 9.59 Å². The molecule has 24 heavy (non-hydrogen) atoms. The summed E-state index contributed by atoms with van der Waals surface area (Å²) in [6.45, 7) is 4.35. The average Bonchev–Trinajstić information content (AvgIpc) is 2.89. The van der Waals surface area contributed by atoms with Gasteiger partial charge in [0.15, 0.2) is 0 Å². The van der Waals surface area contributed by atoms with E-state index < -0.39 is 29.3 Å². The van der Waals surface area contributed by atoms with Crippen molar-refractivity contribution in [1.29, 1.82) is 0 Å². The number of aliphatic hydroxyl groups is 1. The smallest absolute Gasteiger partial charge is 0.307 e. The second kappa shape index (κ2) is 6.20. The van der Waals surface area contributed by atoms with E-state index in [9.17, 15) is 19.8 Å². The van der Waals surface area contributed by atoms with Crippen LogP contribution in [0, 0.1) is 17.3 Å². The van der Waals surface area contributed by atoms with Crippen LogP contribution in [0.1, 0.15) is 44.8 Å². The Bertz CT molecular complexity index is 628. The number of hydrogen-bond acceptors (Lipinski definition) is 3. The van der Waals surface area contributed by atoms with Crippen LogP contribution in [-0.4, -0.2) is 39.6 Å². The fourth-order valence-corrected chi connectivity index (χ4v) is 4.18. The zero-order valence-electron chi connectivity index (χ0n) is 14.2. The van der Waals surface area contributed by atoms with Gasteiger partial charge in [-0.2, -0.15) is 0 Å². The van der Waals surface area contributed by atoms with Crippen molar-refractivity contribution < 1.29 is 19.8 Å². The van der Waals surface area contributed by atoms with Crippen LogP contribution >= 0.6 is 0 Å². The van der Waals surface area contributed by atoms with Gasteiger partial charge in [-0.15, -0.1) is 0 Å². The molecule has 1 aliphatic heterocycles. The van der Waals surface area contributed by atoms with Gasteiger partial charge < -0.3 is 15.1 Å². The number of aliphatic hydroxyl groups excluding tert-OH is 1. The first-order valence-electron chi connectivity index (χ1n) is 8.60. The molecule has 130 valence electrons. The molecule has 0 aromatic heterocycles. The van der Waals surface area contributed by atoms with Crippen LogP contribution in [0.2, 0.25) is 0 Å². The van der Waals surface area contributed by atoms with Crippen molar-refractivity contribution in [2.24, 2.45) is 17.3 Å². The first-order chi connectivity index (χ1) is 11.3. The summed E-state index contributed by atoms with van der Waals surface area (Å²) in [6.07, 6.45) is 1.66. The van der Waals surface area contributed by atoms with Gasteiger partial charge in [-0.25, -0.2) is 0 Å². The zero-order valence-corrected chi connectivity index (χ0v) is 14.2. The molecule has 0 spiro atoms. The fourth-order valence-electron chi connectivity index (χ4n) is 4.18. The molecule has 0 radical (unpaired) electrons. The number of rotatable bonds is 5. The van der Waals surface area contributed by atoms with Gasteiger partial charge in [0.2, 0.25) is 5.91 Å². The highest BCUT2D eigenvalue weighted by atomic mass is 16.4. The van der Waals surface area contributed by atoms with Gasteiger partial charge in [-0.1, -0.05) is 44.2 Å². The Kier molecular flexibility index (Phi) is 4.38. The van der Waals surface area contributed by atoms with Gasteiger partial charge in [0.25, 0.3) is 0 Å². The third kappa shape index (κ3) is 2.93. The van der Waals surface area contributed by atoms with Gasteiger partial charge in [0, 0.05) is 12.6 Å². The molecule has 2 N–H and O–H groups in total. The van der Waals surface area contributed by atoms with Crippen LogP contribution in [0.25, 0.3) is 0 Å². The summed E-state index contributed by atoms with van der Waals surface area (Å²) in [5, 5.41) is 19.7. The van der Waals surface area contributed by atoms with Crippen LogP contribution in [0.4, 0.5) is 0 Å². The maximum atomic E-state index is 12.8. The molecule has 1 aromatic carbocycles. The Hall–Kier alpha value is -1.88. The van der Waals surface area contributed by atoms with Crippen molar-refractivity contribution >= 4 is 11.9 Å². The number of carboxylic acids is 1. The third-order valence-electron chi connectivity index (χ3n) is 5.70. The molecule has 5 nitrogen and oxygen atoms in total. The lowest BCUT2D eigenvalue weighted by Gasteiger charge is -2.27. The van der Waals surface area contributed by atoms with E-state index in [4.69, 9.17) is 0 Å². The number of benzene rings is 1. The molecule has 1 saturated heterocycles. The number of carbonyl (C=O) groups excluding carboxylic acids is 1. The van der Waals surface area contributed by atoms with Gasteiger partial charge in [0.1, 0.15) is 0 Å². The maximum Gasteiger partial charge on any atom is 0.307 e. The summed E-state index contributed by atoms with van der Waals surface area (Å²) in [5.74, 6) is -1.98. The summed E-state index contributed by atoms with van der Waals surface area (Å²) in [7, 11) is 0. The summed E-state index contributed by atoms with van der Waals surface area (Å²) < 4.78 is 0. The Morgan fingerprint density at radius 3 is 2.50 bits per heavy atom. The lowest BCUT2D eigenvalue weighted by Crippen LogP contribution is -2.38. The minimum absolute atomic E-state index is 0.0152. The first-order valence-corrected chi connectivity index (χ1v) is 8.60. The molecule has 1 aromatic rings. The third-order valence-corrected chi connectivity index (χ3v) is 5.70. The summed E-state index contributed by atoms with van der Waals surface area (Å²) in [4.78, 5) is 26.0. The number of likely N-dealkylation sites (tertiary alicyclic amines) is 1. The second-order valence-corrected chi connectivity index (χ2v) is 7.60. The lowest BCUT2D eigenvalue weighted by atomic mass is 10.00. The minimum atomic E-state index is -0.890. The fraction of sp³-hybridized carbons (Fsp3) is 0.579. The predicted octanol–water partition coefficient (Wildman–Crippen LogP) is 2.46. The number of nitrogens with zero attached hydrogens (tertiary/aromatic N) is 1. The molecular formula is C19H25NO4. The normalized spacial score (nSPS) is 29.3. The van der Waals surface area contributed by atoms with Crippen molar-refractivity contribution in [3.8, 4) is 0 Å². The molecule has 0 bridgehead atoms. The van der Waals surface area contributed by atoms with Gasteiger partial charge >= 0.3 is 5.97 Å². The van der Waals surface area contributed by atoms with E-state index in [1.807, 2.05) is 49.1 Å². The molecule has 5 heteroatoms. The molecule has 3 rings (SSSR count). The molecule has 1 saturated carbocycles. The highest BCUT2D eigenvalue weighted by Gasteiger charge is 2.67. The standard InChI is InChI=1S/C19H25NO4/c1-19(2)15(16(19)18(23)24)17(22)20-10-6-9-13(20)11-14(21)12-7-4-3-5-8-12/h3-5,7-8,13-16,21H,6,9-11H2,1-2H3,(H,23,24)/t13?,14?,15-,16+/m1/s1. The van der Waals surface area contributed by atoms with Crippen LogP contribution in [0.5, 0.6) is 0 Å². The van der Waals surface area contributed by atoms with Crippen LogP contribution in [-0.2, 0) is 9.59 Å². The second-order valence-electron chi connectivity index (χ2n) is 7.60. The number of aliphatic carboxylic acids is 1. The monoisotopic (exact) mass is 331 g/mol. The van der Waals surface area contributed by atoms with E-state index in [0.29, 0.717) is 13.0 Å². The molecule has 2 aliphatic rings. The van der Waals surface area contributed by atoms with Gasteiger partial charge in [0.05, 0.1) is 17.9 Å². The Labute approximate surface area is 142 Å². The van der Waals surface area contributed by atoms with Crippen LogP contribution < -0.4 is 0 Å². The van der Waals surface area contributed by atoms with Crippen molar-refractivity contribution in [1.82, 2.24) is 4.90 Å². The van der Waals surface area contributed by atoms with Crippen molar-refractivity contribution in [2.75, 3.05) is 6.54 Å². The Morgan fingerprint density at radius 1 is 1.25 bits per heavy atom. The molecule has 1 aliphatic carbocycles. The average molecular weight is 331 g/mol. The van der Waals surface area contributed by atoms with Crippen LogP contribution in [0.15, 0.2) is 30.3 Å². The molecule has 1 amide bonds. The van der Waals surface area contributed by atoms with E-state index >= 15 is 0 Å². The number of carbonyl (C=O) groups is 2. The van der Waals surface area contributed by atoms with E-state index in [1.54, 1.807) is 0 Å². The molecule has 4 atom stereocenters. The summed E-state index contributed by atoms with van der Waals surface area (Å²) in [5.41, 5.74) is 0.376. The van der Waals surface area contributed by atoms with Crippen molar-refractivity contribution in [3.63, 3.8) is 0 Å². The highest BCUT2D eigenvalue weighted by molar-refractivity contribution is 5.92. The molecule has 2 unspecified atom stereocenters. The Morgan fingerprint density at radius 2 is 1.92 bits per heavy atom. The van der Waals surface area contributed by atoms with E-state index in [1.165, 1.54) is 0 Å². The SMILES string of the molecule is CC1(C)[C@H](C(=O)O)[C@@H]1C(=O)N1CCCC1CC(O)c1ccccc1. The predicted molar refractivity (Wildman–Crippen MR) is 89.2 cm³/mol. The summed E-state index contributed by atoms with van der Waals surface area (Å²) >= 11 is 0. The quantitative estimate of drug-likeness (QED) is 0.869. The largest absolute Gasteiger partial charge is 0.481 e. The van der Waals surface area contributed by atoms with Crippen molar-refractivity contribution in [3.05, 3.63) is 35.9 Å². The van der Waals surface area contributed by atoms with Crippen molar-refractivity contribution in [2.45, 2.75) is 45.3 Å². The lowest BCUT2D eigenvalue weighted by molar-refractivity contribution is -0.142. The summed E-state index contributed by atoms with van der Waals surface area (Å²) in [6, 6.07) is 9.44. The first kappa shape index (κ1) is 17.0. The molecule has 2 fully saturated rings. The molecule has 1 heterocycles. The molecular weight excluding hydrogens is 306 g/mol. The minimum Gasteiger partial charge on any atom is -0.481 e. The Balaban J connectivity index is 1.68. The topological polar surface area (TPSA) is 77.8 Å². The van der Waals surface area contributed by atoms with E-state index in [0.717, 1.165) is 18.4 Å². The number of hydrogen-bond donors (Lipinski definition) is 2. The highest BCUT2D eigenvalue weighted by Crippen LogP contribution is 2.59. The van der Waals surface area contributed by atoms with Crippen LogP contribution in [0.3, 0.4) is 0 Å². The number of carboxylic acid groups (broad SMARTS) is 1. The van der Waals surface area contributed by atoms with Gasteiger partial charge in [-0.05, 0) is 30.2 Å².